The third-order valence-corrected chi connectivity index (χ3v) is 4.26. The van der Waals surface area contributed by atoms with Crippen molar-refractivity contribution < 1.29 is 4.79 Å². The van der Waals surface area contributed by atoms with Crippen molar-refractivity contribution in [2.45, 2.75) is 6.92 Å². The summed E-state index contributed by atoms with van der Waals surface area (Å²) in [6.07, 6.45) is 1.45. The van der Waals surface area contributed by atoms with Gasteiger partial charge >= 0.3 is 0 Å². The average molecular weight is 348 g/mol. The zero-order valence-electron chi connectivity index (χ0n) is 13.8. The molecule has 3 N–H and O–H groups in total. The van der Waals surface area contributed by atoms with Crippen LogP contribution in [0.3, 0.4) is 0 Å². The first-order valence-electron chi connectivity index (χ1n) is 7.90. The number of anilines is 1. The first kappa shape index (κ1) is 18.3. The van der Waals surface area contributed by atoms with Gasteiger partial charge in [0.1, 0.15) is 11.6 Å². The van der Waals surface area contributed by atoms with Crippen LogP contribution in [0.25, 0.3) is 0 Å². The van der Waals surface area contributed by atoms with E-state index in [1.165, 1.54) is 6.20 Å². The summed E-state index contributed by atoms with van der Waals surface area (Å²) in [6, 6.07) is 7.42. The maximum absolute atomic E-state index is 12.5. The number of nitrogens with two attached hydrogens (primary N) is 1. The lowest BCUT2D eigenvalue weighted by molar-refractivity contribution is -0.128. The minimum atomic E-state index is -0.253. The van der Waals surface area contributed by atoms with Crippen molar-refractivity contribution in [1.29, 1.82) is 5.26 Å². The van der Waals surface area contributed by atoms with Gasteiger partial charge in [-0.05, 0) is 24.6 Å². The van der Waals surface area contributed by atoms with Gasteiger partial charge in [-0.3, -0.25) is 9.69 Å². The first-order valence-corrected chi connectivity index (χ1v) is 8.27. The molecule has 0 saturated carbocycles. The average Bonchev–Trinajstić information content (AvgIpc) is 2.59. The largest absolute Gasteiger partial charge is 0.360 e. The lowest BCUT2D eigenvalue weighted by atomic mass is 10.2. The molecule has 128 valence electrons. The van der Waals surface area contributed by atoms with Gasteiger partial charge < -0.3 is 16.0 Å². The molecule has 0 atom stereocenters. The molecule has 1 heterocycles. The van der Waals surface area contributed by atoms with Gasteiger partial charge in [0.05, 0.1) is 0 Å². The van der Waals surface area contributed by atoms with Gasteiger partial charge in [0.15, 0.2) is 0 Å². The van der Waals surface area contributed by atoms with Crippen LogP contribution >= 0.6 is 11.6 Å². The molecule has 1 amide bonds. The number of carbonyl (C=O) groups is 1. The molecule has 1 aliphatic rings. The predicted molar refractivity (Wildman–Crippen MR) is 95.6 cm³/mol. The summed E-state index contributed by atoms with van der Waals surface area (Å²) in [5, 5.41) is 12.9. The Bertz CT molecular complexity index is 659. The van der Waals surface area contributed by atoms with E-state index in [2.05, 4.69) is 10.2 Å². The molecule has 1 aromatic carbocycles. The standard InChI is InChI=1S/C17H22ClN5O/c1-13-2-3-15(18)10-16(13)21-12-14(11-20)17(24)23-8-6-22(5-4-19)7-9-23/h2-3,10,12,21H,4-9,19H2,1H3/b14-12-. The Morgan fingerprint density at radius 1 is 1.42 bits per heavy atom. The van der Waals surface area contributed by atoms with Gasteiger partial charge in [-0.15, -0.1) is 0 Å². The molecule has 0 unspecified atom stereocenters. The maximum Gasteiger partial charge on any atom is 0.266 e. The summed E-state index contributed by atoms with van der Waals surface area (Å²) in [5.74, 6) is -0.253. The summed E-state index contributed by atoms with van der Waals surface area (Å²) in [4.78, 5) is 16.4. The lowest BCUT2D eigenvalue weighted by Gasteiger charge is -2.34. The fraction of sp³-hybridized carbons (Fsp3) is 0.412. The Morgan fingerprint density at radius 2 is 2.12 bits per heavy atom. The Labute approximate surface area is 147 Å². The van der Waals surface area contributed by atoms with Crippen LogP contribution in [0.1, 0.15) is 5.56 Å². The molecule has 2 rings (SSSR count). The van der Waals surface area contributed by atoms with Crippen molar-refractivity contribution in [1.82, 2.24) is 9.80 Å². The van der Waals surface area contributed by atoms with E-state index < -0.39 is 0 Å². The van der Waals surface area contributed by atoms with Crippen molar-refractivity contribution in [3.63, 3.8) is 0 Å². The number of rotatable bonds is 5. The smallest absolute Gasteiger partial charge is 0.266 e. The molecule has 6 nitrogen and oxygen atoms in total. The van der Waals surface area contributed by atoms with Gasteiger partial charge in [0.25, 0.3) is 5.91 Å². The molecule has 0 spiro atoms. The highest BCUT2D eigenvalue weighted by Gasteiger charge is 2.23. The third kappa shape index (κ3) is 4.71. The number of hydrogen-bond acceptors (Lipinski definition) is 5. The van der Waals surface area contributed by atoms with Crippen LogP contribution in [0.5, 0.6) is 0 Å². The summed E-state index contributed by atoms with van der Waals surface area (Å²) in [5.41, 5.74) is 7.39. The molecule has 1 aliphatic heterocycles. The number of nitriles is 1. The van der Waals surface area contributed by atoms with Crippen molar-refractivity contribution in [2.24, 2.45) is 5.73 Å². The van der Waals surface area contributed by atoms with Gasteiger partial charge in [0.2, 0.25) is 0 Å². The zero-order chi connectivity index (χ0) is 17.5. The van der Waals surface area contributed by atoms with E-state index in [4.69, 9.17) is 17.3 Å². The van der Waals surface area contributed by atoms with Gasteiger partial charge in [0, 0.05) is 56.2 Å². The number of piperazine rings is 1. The SMILES string of the molecule is Cc1ccc(Cl)cc1N/C=C(/C#N)C(=O)N1CCN(CCN)CC1. The Balaban J connectivity index is 2.01. The van der Waals surface area contributed by atoms with Crippen LogP contribution in [-0.4, -0.2) is 55.0 Å². The molecular formula is C17H22ClN5O. The quantitative estimate of drug-likeness (QED) is 0.624. The van der Waals surface area contributed by atoms with E-state index in [-0.39, 0.29) is 11.5 Å². The fourth-order valence-corrected chi connectivity index (χ4v) is 2.74. The van der Waals surface area contributed by atoms with E-state index >= 15 is 0 Å². The number of carbonyl (C=O) groups excluding carboxylic acids is 1. The molecule has 1 fully saturated rings. The highest BCUT2D eigenvalue weighted by Crippen LogP contribution is 2.20. The van der Waals surface area contributed by atoms with Crippen LogP contribution < -0.4 is 11.1 Å². The Morgan fingerprint density at radius 3 is 2.75 bits per heavy atom. The number of benzene rings is 1. The van der Waals surface area contributed by atoms with Crippen molar-refractivity contribution in [2.75, 3.05) is 44.6 Å². The van der Waals surface area contributed by atoms with Crippen LogP contribution in [0, 0.1) is 18.3 Å². The number of halogens is 1. The zero-order valence-corrected chi connectivity index (χ0v) is 14.5. The Kier molecular flexibility index (Phi) is 6.62. The highest BCUT2D eigenvalue weighted by atomic mass is 35.5. The minimum absolute atomic E-state index is 0.0849. The molecule has 7 heteroatoms. The molecule has 1 saturated heterocycles. The maximum atomic E-state index is 12.5. The van der Waals surface area contributed by atoms with Gasteiger partial charge in [-0.1, -0.05) is 17.7 Å². The summed E-state index contributed by atoms with van der Waals surface area (Å²) in [7, 11) is 0. The second-order valence-corrected chi connectivity index (χ2v) is 6.13. The molecule has 0 radical (unpaired) electrons. The van der Waals surface area contributed by atoms with E-state index in [0.29, 0.717) is 24.7 Å². The fourth-order valence-electron chi connectivity index (χ4n) is 2.57. The number of amides is 1. The van der Waals surface area contributed by atoms with E-state index in [1.54, 1.807) is 17.0 Å². The summed E-state index contributed by atoms with van der Waals surface area (Å²) >= 11 is 5.98. The lowest BCUT2D eigenvalue weighted by Crippen LogP contribution is -2.50. The number of aryl methyl sites for hydroxylation is 1. The second kappa shape index (κ2) is 8.69. The van der Waals surface area contributed by atoms with Gasteiger partial charge in [-0.25, -0.2) is 0 Å². The molecule has 0 aliphatic carbocycles. The number of nitrogens with one attached hydrogen (secondary N) is 1. The molecule has 0 aromatic heterocycles. The van der Waals surface area contributed by atoms with E-state index in [9.17, 15) is 10.1 Å². The molecular weight excluding hydrogens is 326 g/mol. The van der Waals surface area contributed by atoms with E-state index in [1.807, 2.05) is 19.1 Å². The number of hydrogen-bond donors (Lipinski definition) is 2. The second-order valence-electron chi connectivity index (χ2n) is 5.70. The van der Waals surface area contributed by atoms with Crippen molar-refractivity contribution in [3.8, 4) is 6.07 Å². The van der Waals surface area contributed by atoms with Gasteiger partial charge in [-0.2, -0.15) is 5.26 Å². The molecule has 1 aromatic rings. The topological polar surface area (TPSA) is 85.4 Å². The van der Waals surface area contributed by atoms with Crippen molar-refractivity contribution in [3.05, 3.63) is 40.6 Å². The van der Waals surface area contributed by atoms with Crippen LogP contribution in [-0.2, 0) is 4.79 Å². The Hall–Kier alpha value is -2.07. The van der Waals surface area contributed by atoms with E-state index in [0.717, 1.165) is 30.9 Å². The minimum Gasteiger partial charge on any atom is -0.360 e. The van der Waals surface area contributed by atoms with Crippen LogP contribution in [0.2, 0.25) is 5.02 Å². The van der Waals surface area contributed by atoms with Crippen molar-refractivity contribution >= 4 is 23.2 Å². The molecule has 24 heavy (non-hydrogen) atoms. The first-order chi connectivity index (χ1) is 11.5. The highest BCUT2D eigenvalue weighted by molar-refractivity contribution is 6.30. The summed E-state index contributed by atoms with van der Waals surface area (Å²) < 4.78 is 0. The predicted octanol–water partition coefficient (Wildman–Crippen LogP) is 1.57. The third-order valence-electron chi connectivity index (χ3n) is 4.03. The van der Waals surface area contributed by atoms with Crippen LogP contribution in [0.4, 0.5) is 5.69 Å². The molecule has 0 bridgehead atoms. The monoisotopic (exact) mass is 347 g/mol. The number of nitrogens with zero attached hydrogens (tertiary/aromatic N) is 3. The van der Waals surface area contributed by atoms with Crippen LogP contribution in [0.15, 0.2) is 30.0 Å². The summed E-state index contributed by atoms with van der Waals surface area (Å²) in [6.45, 7) is 6.14. The normalized spacial score (nSPS) is 15.9.